The van der Waals surface area contributed by atoms with Gasteiger partial charge in [0, 0.05) is 0 Å². The van der Waals surface area contributed by atoms with Crippen LogP contribution in [0.25, 0.3) is 0 Å². The first-order valence-corrected chi connectivity index (χ1v) is 12.8. The Labute approximate surface area is 183 Å². The molecule has 0 atom stereocenters. The van der Waals surface area contributed by atoms with Crippen LogP contribution in [0.1, 0.15) is 11.1 Å². The number of sulfonamides is 2. The monoisotopic (exact) mass is 490 g/mol. The fourth-order valence-electron chi connectivity index (χ4n) is 2.63. The van der Waals surface area contributed by atoms with Gasteiger partial charge in [-0.3, -0.25) is 9.44 Å². The summed E-state index contributed by atoms with van der Waals surface area (Å²) in [5.41, 5.74) is 1.39. The van der Waals surface area contributed by atoms with Crippen molar-refractivity contribution in [3.8, 4) is 0 Å². The number of thiophene rings is 1. The number of rotatable bonds is 6. The zero-order chi connectivity index (χ0) is 21.4. The third kappa shape index (κ3) is 4.87. The van der Waals surface area contributed by atoms with Crippen LogP contribution in [0.3, 0.4) is 0 Å². The van der Waals surface area contributed by atoms with Crippen LogP contribution in [0.2, 0.25) is 10.0 Å². The highest BCUT2D eigenvalue weighted by molar-refractivity contribution is 7.94. The lowest BCUT2D eigenvalue weighted by Gasteiger charge is -2.16. The van der Waals surface area contributed by atoms with Crippen molar-refractivity contribution in [1.29, 1.82) is 0 Å². The van der Waals surface area contributed by atoms with Gasteiger partial charge in [-0.2, -0.15) is 0 Å². The summed E-state index contributed by atoms with van der Waals surface area (Å²) >= 11 is 13.1. The van der Waals surface area contributed by atoms with Gasteiger partial charge in [0.05, 0.1) is 26.3 Å². The van der Waals surface area contributed by atoms with E-state index in [1.165, 1.54) is 24.3 Å². The first kappa shape index (κ1) is 21.9. The van der Waals surface area contributed by atoms with Crippen molar-refractivity contribution in [3.05, 3.63) is 69.0 Å². The van der Waals surface area contributed by atoms with Crippen molar-refractivity contribution in [2.24, 2.45) is 0 Å². The largest absolute Gasteiger partial charge is 0.277 e. The van der Waals surface area contributed by atoms with Crippen LogP contribution in [0.5, 0.6) is 0 Å². The second-order valence-corrected chi connectivity index (χ2v) is 11.5. The van der Waals surface area contributed by atoms with E-state index in [0.717, 1.165) is 16.9 Å². The smallest absolute Gasteiger partial charge is 0.271 e. The van der Waals surface area contributed by atoms with Gasteiger partial charge in [0.25, 0.3) is 20.0 Å². The van der Waals surface area contributed by atoms with Gasteiger partial charge in [-0.05, 0) is 49.1 Å². The Hall–Kier alpha value is -1.78. The molecule has 29 heavy (non-hydrogen) atoms. The van der Waals surface area contributed by atoms with Gasteiger partial charge in [0.2, 0.25) is 0 Å². The first-order valence-electron chi connectivity index (χ1n) is 8.15. The van der Waals surface area contributed by atoms with Crippen LogP contribution < -0.4 is 9.44 Å². The molecular formula is C18H16Cl2N2O4S3. The molecule has 1 heterocycles. The molecule has 0 spiro atoms. The molecule has 0 radical (unpaired) electrons. The summed E-state index contributed by atoms with van der Waals surface area (Å²) in [6, 6.07) is 10.5. The van der Waals surface area contributed by atoms with E-state index >= 15 is 0 Å². The highest BCUT2D eigenvalue weighted by Gasteiger charge is 2.23. The molecule has 0 saturated heterocycles. The summed E-state index contributed by atoms with van der Waals surface area (Å²) < 4.78 is 55.8. The van der Waals surface area contributed by atoms with Gasteiger partial charge in [-0.15, -0.1) is 11.3 Å². The fraction of sp³-hybridized carbons (Fsp3) is 0.111. The number of hydrogen-bond acceptors (Lipinski definition) is 5. The van der Waals surface area contributed by atoms with Crippen LogP contribution in [0.4, 0.5) is 11.4 Å². The van der Waals surface area contributed by atoms with E-state index in [-0.39, 0.29) is 30.5 Å². The van der Waals surface area contributed by atoms with E-state index in [4.69, 9.17) is 23.2 Å². The van der Waals surface area contributed by atoms with E-state index in [2.05, 4.69) is 9.44 Å². The molecule has 3 aromatic rings. The van der Waals surface area contributed by atoms with E-state index in [0.29, 0.717) is 5.56 Å². The molecule has 0 bridgehead atoms. The Kier molecular flexibility index (Phi) is 6.16. The summed E-state index contributed by atoms with van der Waals surface area (Å²) in [5, 5.41) is 1.77. The fourth-order valence-corrected chi connectivity index (χ4v) is 6.32. The highest BCUT2D eigenvalue weighted by Crippen LogP contribution is 2.35. The lowest BCUT2D eigenvalue weighted by Crippen LogP contribution is -2.18. The molecule has 0 fully saturated rings. The maximum absolute atomic E-state index is 12.9. The van der Waals surface area contributed by atoms with Crippen molar-refractivity contribution >= 4 is 66.0 Å². The van der Waals surface area contributed by atoms with E-state index in [1.807, 2.05) is 6.92 Å². The summed E-state index contributed by atoms with van der Waals surface area (Å²) in [6.45, 7) is 3.53. The number of nitrogens with one attached hydrogen (secondary N) is 2. The van der Waals surface area contributed by atoms with Crippen molar-refractivity contribution in [3.63, 3.8) is 0 Å². The molecule has 3 rings (SSSR count). The maximum Gasteiger partial charge on any atom is 0.271 e. The standard InChI is InChI=1S/C18H16Cl2N2O4S3/c1-11-5-6-17(12(2)8-11)28(23,24)21-15-9-13(19)14(20)10-16(15)22-29(25,26)18-4-3-7-27-18/h3-10,21-22H,1-2H3. The lowest BCUT2D eigenvalue weighted by molar-refractivity contribution is 0.599. The van der Waals surface area contributed by atoms with Gasteiger partial charge >= 0.3 is 0 Å². The van der Waals surface area contributed by atoms with Gasteiger partial charge < -0.3 is 0 Å². The molecule has 0 unspecified atom stereocenters. The quantitative estimate of drug-likeness (QED) is 0.491. The molecule has 0 amide bonds. The number of benzene rings is 2. The number of hydrogen-bond donors (Lipinski definition) is 2. The Morgan fingerprint density at radius 1 is 0.828 bits per heavy atom. The predicted molar refractivity (Wildman–Crippen MR) is 118 cm³/mol. The topological polar surface area (TPSA) is 92.3 Å². The minimum Gasteiger partial charge on any atom is -0.277 e. The molecule has 11 heteroatoms. The Morgan fingerprint density at radius 2 is 1.41 bits per heavy atom. The zero-order valence-electron chi connectivity index (χ0n) is 15.2. The number of anilines is 2. The summed E-state index contributed by atoms with van der Waals surface area (Å²) in [7, 11) is -7.93. The van der Waals surface area contributed by atoms with Gasteiger partial charge in [0.1, 0.15) is 4.21 Å². The average molecular weight is 491 g/mol. The van der Waals surface area contributed by atoms with Crippen molar-refractivity contribution in [2.45, 2.75) is 23.0 Å². The molecule has 2 aromatic carbocycles. The highest BCUT2D eigenvalue weighted by atomic mass is 35.5. The second-order valence-electron chi connectivity index (χ2n) is 6.22. The van der Waals surface area contributed by atoms with E-state index in [1.54, 1.807) is 30.5 Å². The average Bonchev–Trinajstić information content (AvgIpc) is 3.14. The predicted octanol–water partition coefficient (Wildman–Crippen LogP) is 5.27. The molecule has 154 valence electrons. The Balaban J connectivity index is 2.04. The molecule has 0 aliphatic rings. The van der Waals surface area contributed by atoms with Crippen LogP contribution in [-0.2, 0) is 20.0 Å². The van der Waals surface area contributed by atoms with Crippen LogP contribution in [-0.4, -0.2) is 16.8 Å². The van der Waals surface area contributed by atoms with Crippen molar-refractivity contribution in [1.82, 2.24) is 0 Å². The van der Waals surface area contributed by atoms with E-state index < -0.39 is 20.0 Å². The minimum absolute atomic E-state index is 0.0406. The Morgan fingerprint density at radius 3 is 1.93 bits per heavy atom. The van der Waals surface area contributed by atoms with E-state index in [9.17, 15) is 16.8 Å². The third-order valence-electron chi connectivity index (χ3n) is 3.93. The lowest BCUT2D eigenvalue weighted by atomic mass is 10.2. The van der Waals surface area contributed by atoms with Crippen molar-refractivity contribution in [2.75, 3.05) is 9.44 Å². The molecular weight excluding hydrogens is 475 g/mol. The minimum atomic E-state index is -4.01. The molecule has 0 aliphatic carbocycles. The van der Waals surface area contributed by atoms with Gasteiger partial charge in [0.15, 0.2) is 0 Å². The second kappa shape index (κ2) is 8.16. The first-order chi connectivity index (χ1) is 13.5. The third-order valence-corrected chi connectivity index (χ3v) is 8.94. The van der Waals surface area contributed by atoms with Crippen LogP contribution in [0.15, 0.2) is 56.9 Å². The summed E-state index contributed by atoms with van der Waals surface area (Å²) in [6.07, 6.45) is 0. The van der Waals surface area contributed by atoms with Crippen LogP contribution in [0, 0.1) is 13.8 Å². The van der Waals surface area contributed by atoms with Crippen LogP contribution >= 0.6 is 34.5 Å². The Bertz CT molecular complexity index is 1270. The van der Waals surface area contributed by atoms with Gasteiger partial charge in [-0.25, -0.2) is 16.8 Å². The zero-order valence-corrected chi connectivity index (χ0v) is 19.2. The number of aryl methyl sites for hydroxylation is 2. The van der Waals surface area contributed by atoms with Gasteiger partial charge in [-0.1, -0.05) is 47.0 Å². The normalized spacial score (nSPS) is 12.0. The SMILES string of the molecule is Cc1ccc(S(=O)(=O)Nc2cc(Cl)c(Cl)cc2NS(=O)(=O)c2cccs2)c(C)c1. The molecule has 2 N–H and O–H groups in total. The molecule has 6 nitrogen and oxygen atoms in total. The summed E-state index contributed by atoms with van der Waals surface area (Å²) in [4.78, 5) is 0.0706. The molecule has 0 aliphatic heterocycles. The summed E-state index contributed by atoms with van der Waals surface area (Å²) in [5.74, 6) is 0. The molecule has 0 saturated carbocycles. The van der Waals surface area contributed by atoms with Crippen molar-refractivity contribution < 1.29 is 16.8 Å². The molecule has 1 aromatic heterocycles. The maximum atomic E-state index is 12.9. The number of halogens is 2.